The molecule has 0 aliphatic heterocycles. The number of amides is 2. The Morgan fingerprint density at radius 2 is 1.65 bits per heavy atom. The topological polar surface area (TPSA) is 98.7 Å². The van der Waals surface area contributed by atoms with E-state index < -0.39 is 12.0 Å². The Balaban J connectivity index is 1.86. The first-order valence-corrected chi connectivity index (χ1v) is 7.21. The number of hydrogen-bond acceptors (Lipinski definition) is 3. The molecule has 0 aromatic heterocycles. The number of aryl methyl sites for hydroxylation is 1. The number of anilines is 2. The Morgan fingerprint density at radius 1 is 0.957 bits per heavy atom. The molecule has 0 atom stereocenters. The van der Waals surface area contributed by atoms with Crippen molar-refractivity contribution in [1.82, 2.24) is 0 Å². The molecule has 6 heteroatoms. The second-order valence-electron chi connectivity index (χ2n) is 5.04. The van der Waals surface area contributed by atoms with Gasteiger partial charge in [-0.25, -0.2) is 4.79 Å². The van der Waals surface area contributed by atoms with Crippen molar-refractivity contribution in [2.45, 2.75) is 19.3 Å². The van der Waals surface area contributed by atoms with Crippen molar-refractivity contribution < 1.29 is 19.8 Å². The lowest BCUT2D eigenvalue weighted by molar-refractivity contribution is -0.137. The summed E-state index contributed by atoms with van der Waals surface area (Å²) in [4.78, 5) is 22.3. The zero-order valence-corrected chi connectivity index (χ0v) is 12.5. The molecule has 120 valence electrons. The zero-order chi connectivity index (χ0) is 16.7. The summed E-state index contributed by atoms with van der Waals surface area (Å²) in [7, 11) is 0. The Hall–Kier alpha value is -3.02. The number of phenols is 1. The highest BCUT2D eigenvalue weighted by atomic mass is 16.4. The van der Waals surface area contributed by atoms with Gasteiger partial charge in [-0.1, -0.05) is 24.3 Å². The number of carboxylic acid groups (broad SMARTS) is 1. The molecule has 23 heavy (non-hydrogen) atoms. The van der Waals surface area contributed by atoms with Crippen LogP contribution < -0.4 is 10.6 Å². The number of aromatic hydroxyl groups is 1. The lowest BCUT2D eigenvalue weighted by Gasteiger charge is -2.09. The summed E-state index contributed by atoms with van der Waals surface area (Å²) >= 11 is 0. The van der Waals surface area contributed by atoms with Gasteiger partial charge in [-0.2, -0.15) is 0 Å². The van der Waals surface area contributed by atoms with E-state index in [1.54, 1.807) is 30.3 Å². The minimum atomic E-state index is -0.802. The molecule has 2 aromatic rings. The summed E-state index contributed by atoms with van der Waals surface area (Å²) in [6.07, 6.45) is 1.40. The van der Waals surface area contributed by atoms with Gasteiger partial charge in [0.1, 0.15) is 5.75 Å². The fraction of sp³-hybridized carbons (Fsp3) is 0.176. The lowest BCUT2D eigenvalue weighted by atomic mass is 10.1. The molecule has 2 rings (SSSR count). The largest absolute Gasteiger partial charge is 0.506 e. The first-order chi connectivity index (χ1) is 11.0. The maximum atomic E-state index is 11.9. The van der Waals surface area contributed by atoms with Crippen molar-refractivity contribution in [3.8, 4) is 5.75 Å². The van der Waals surface area contributed by atoms with Crippen LogP contribution in [0.15, 0.2) is 48.5 Å². The molecule has 6 nitrogen and oxygen atoms in total. The molecule has 0 saturated heterocycles. The standard InChI is InChI=1S/C17H18N2O4/c20-15-6-2-1-5-14(15)19-17(23)18-13-10-8-12(9-11-13)4-3-7-16(21)22/h1-2,5-6,8-11,20H,3-4,7H2,(H,21,22)(H2,18,19,23). The Morgan fingerprint density at radius 3 is 2.30 bits per heavy atom. The first kappa shape index (κ1) is 16.4. The molecule has 2 amide bonds. The Bertz CT molecular complexity index is 683. The van der Waals surface area contributed by atoms with E-state index >= 15 is 0 Å². The van der Waals surface area contributed by atoms with Gasteiger partial charge < -0.3 is 20.8 Å². The molecule has 0 radical (unpaired) electrons. The summed E-state index contributed by atoms with van der Waals surface area (Å²) in [5.41, 5.74) is 1.95. The van der Waals surface area contributed by atoms with Crippen LogP contribution in [0, 0.1) is 0 Å². The zero-order valence-electron chi connectivity index (χ0n) is 12.5. The van der Waals surface area contributed by atoms with Gasteiger partial charge in [-0.15, -0.1) is 0 Å². The molecule has 0 fully saturated rings. The number of phenolic OH excluding ortho intramolecular Hbond substituents is 1. The van der Waals surface area contributed by atoms with Crippen LogP contribution in [0.25, 0.3) is 0 Å². The van der Waals surface area contributed by atoms with Gasteiger partial charge in [0, 0.05) is 12.1 Å². The number of hydrogen-bond donors (Lipinski definition) is 4. The van der Waals surface area contributed by atoms with Crippen LogP contribution in [0.3, 0.4) is 0 Å². The van der Waals surface area contributed by atoms with Gasteiger partial charge in [0.2, 0.25) is 0 Å². The van der Waals surface area contributed by atoms with Gasteiger partial charge in [0.15, 0.2) is 0 Å². The predicted octanol–water partition coefficient (Wildman–Crippen LogP) is 3.44. The van der Waals surface area contributed by atoms with Crippen LogP contribution in [-0.4, -0.2) is 22.2 Å². The van der Waals surface area contributed by atoms with Crippen LogP contribution >= 0.6 is 0 Å². The fourth-order valence-electron chi connectivity index (χ4n) is 2.06. The molecule has 0 heterocycles. The molecule has 0 unspecified atom stereocenters. The number of carboxylic acids is 1. The highest BCUT2D eigenvalue weighted by molar-refractivity contribution is 6.00. The van der Waals surface area contributed by atoms with E-state index in [1.807, 2.05) is 12.1 Å². The van der Waals surface area contributed by atoms with Crippen LogP contribution in [-0.2, 0) is 11.2 Å². The van der Waals surface area contributed by atoms with Crippen molar-refractivity contribution in [2.75, 3.05) is 10.6 Å². The van der Waals surface area contributed by atoms with Crippen molar-refractivity contribution in [3.63, 3.8) is 0 Å². The number of carbonyl (C=O) groups is 2. The highest BCUT2D eigenvalue weighted by Crippen LogP contribution is 2.21. The van der Waals surface area contributed by atoms with E-state index in [0.717, 1.165) is 5.56 Å². The van der Waals surface area contributed by atoms with Gasteiger partial charge in [0.05, 0.1) is 5.69 Å². The molecule has 0 saturated carbocycles. The smallest absolute Gasteiger partial charge is 0.323 e. The average molecular weight is 314 g/mol. The van der Waals surface area contributed by atoms with Crippen LogP contribution in [0.1, 0.15) is 18.4 Å². The molecule has 0 aliphatic rings. The summed E-state index contributed by atoms with van der Waals surface area (Å²) in [5, 5.41) is 23.4. The summed E-state index contributed by atoms with van der Waals surface area (Å²) in [6.45, 7) is 0. The quantitative estimate of drug-likeness (QED) is 0.614. The third kappa shape index (κ3) is 5.35. The van der Waals surface area contributed by atoms with Crippen molar-refractivity contribution >= 4 is 23.4 Å². The Kier molecular flexibility index (Phi) is 5.57. The third-order valence-corrected chi connectivity index (χ3v) is 3.22. The normalized spacial score (nSPS) is 10.1. The van der Waals surface area contributed by atoms with Gasteiger partial charge >= 0.3 is 12.0 Å². The lowest BCUT2D eigenvalue weighted by Crippen LogP contribution is -2.19. The maximum absolute atomic E-state index is 11.9. The van der Waals surface area contributed by atoms with E-state index in [-0.39, 0.29) is 12.2 Å². The fourth-order valence-corrected chi connectivity index (χ4v) is 2.06. The third-order valence-electron chi connectivity index (χ3n) is 3.22. The summed E-state index contributed by atoms with van der Waals surface area (Å²) < 4.78 is 0. The summed E-state index contributed by atoms with van der Waals surface area (Å²) in [5.74, 6) is -0.805. The van der Waals surface area contributed by atoms with Crippen LogP contribution in [0.5, 0.6) is 5.75 Å². The molecule has 2 aromatic carbocycles. The highest BCUT2D eigenvalue weighted by Gasteiger charge is 2.06. The van der Waals surface area contributed by atoms with Crippen LogP contribution in [0.4, 0.5) is 16.2 Å². The number of rotatable bonds is 6. The van der Waals surface area contributed by atoms with Crippen molar-refractivity contribution in [3.05, 3.63) is 54.1 Å². The van der Waals surface area contributed by atoms with Crippen LogP contribution in [0.2, 0.25) is 0 Å². The molecule has 4 N–H and O–H groups in total. The minimum Gasteiger partial charge on any atom is -0.506 e. The second kappa shape index (κ2) is 7.84. The number of para-hydroxylation sites is 2. The number of benzene rings is 2. The van der Waals surface area contributed by atoms with E-state index in [2.05, 4.69) is 10.6 Å². The van der Waals surface area contributed by atoms with E-state index in [0.29, 0.717) is 24.2 Å². The van der Waals surface area contributed by atoms with Gasteiger partial charge in [-0.05, 0) is 42.7 Å². The average Bonchev–Trinajstić information content (AvgIpc) is 2.51. The predicted molar refractivity (Wildman–Crippen MR) is 87.8 cm³/mol. The first-order valence-electron chi connectivity index (χ1n) is 7.21. The molecule has 0 bridgehead atoms. The molecular formula is C17H18N2O4. The Labute approximate surface area is 133 Å². The van der Waals surface area contributed by atoms with E-state index in [4.69, 9.17) is 5.11 Å². The number of urea groups is 1. The van der Waals surface area contributed by atoms with Crippen molar-refractivity contribution in [1.29, 1.82) is 0 Å². The SMILES string of the molecule is O=C(O)CCCc1ccc(NC(=O)Nc2ccccc2O)cc1. The number of nitrogens with one attached hydrogen (secondary N) is 2. The maximum Gasteiger partial charge on any atom is 0.323 e. The van der Waals surface area contributed by atoms with Gasteiger partial charge in [0.25, 0.3) is 0 Å². The van der Waals surface area contributed by atoms with E-state index in [1.165, 1.54) is 6.07 Å². The molecule has 0 aliphatic carbocycles. The summed E-state index contributed by atoms with van der Waals surface area (Å²) in [6, 6.07) is 13.2. The van der Waals surface area contributed by atoms with Gasteiger partial charge in [-0.3, -0.25) is 4.79 Å². The monoisotopic (exact) mass is 314 g/mol. The number of carbonyl (C=O) groups excluding carboxylic acids is 1. The number of aliphatic carboxylic acids is 1. The minimum absolute atomic E-state index is 0.00331. The van der Waals surface area contributed by atoms with Crippen molar-refractivity contribution in [2.24, 2.45) is 0 Å². The molecular weight excluding hydrogens is 296 g/mol. The second-order valence-corrected chi connectivity index (χ2v) is 5.04. The van der Waals surface area contributed by atoms with E-state index in [9.17, 15) is 14.7 Å². The molecule has 0 spiro atoms.